The molecule has 6 nitrogen and oxygen atoms in total. The van der Waals surface area contributed by atoms with E-state index in [0.29, 0.717) is 29.9 Å². The molecular weight excluding hydrogens is 362 g/mol. The largest absolute Gasteiger partial charge is 0.351 e. The highest BCUT2D eigenvalue weighted by molar-refractivity contribution is 7.92. The maximum atomic E-state index is 12.9. The molecule has 0 aliphatic rings. The number of carbonyl (C=O) groups excluding carboxylic acids is 1. The number of anilines is 1. The van der Waals surface area contributed by atoms with Crippen molar-refractivity contribution in [2.75, 3.05) is 17.8 Å². The Balaban J connectivity index is 2.25. The molecule has 0 spiro atoms. The lowest BCUT2D eigenvalue weighted by Gasteiger charge is -2.21. The van der Waals surface area contributed by atoms with Crippen molar-refractivity contribution >= 4 is 21.6 Å². The lowest BCUT2D eigenvalue weighted by molar-refractivity contribution is 0.0955. The van der Waals surface area contributed by atoms with Crippen molar-refractivity contribution in [3.8, 4) is 0 Å². The molecule has 0 saturated carbocycles. The van der Waals surface area contributed by atoms with Gasteiger partial charge in [-0.3, -0.25) is 9.52 Å². The zero-order chi connectivity index (χ0) is 20.2. The molecule has 146 valence electrons. The molecule has 0 aliphatic heterocycles. The Kier molecular flexibility index (Phi) is 6.28. The van der Waals surface area contributed by atoms with Gasteiger partial charge in [0.1, 0.15) is 0 Å². The second kappa shape index (κ2) is 8.10. The number of nitrogens with one attached hydrogen (secondary N) is 2. The van der Waals surface area contributed by atoms with Crippen LogP contribution in [0.2, 0.25) is 0 Å². The molecule has 4 N–H and O–H groups in total. The molecule has 2 rings (SSSR count). The number of hydrogen-bond donors (Lipinski definition) is 3. The number of aryl methyl sites for hydroxylation is 1. The van der Waals surface area contributed by atoms with Crippen LogP contribution < -0.4 is 15.8 Å². The fraction of sp³-hybridized carbons (Fsp3) is 0.350. The topological polar surface area (TPSA) is 101 Å². The van der Waals surface area contributed by atoms with Crippen LogP contribution in [0.25, 0.3) is 0 Å². The maximum Gasteiger partial charge on any atom is 0.262 e. The molecule has 1 amide bonds. The minimum atomic E-state index is -3.74. The van der Waals surface area contributed by atoms with Crippen LogP contribution in [-0.2, 0) is 15.4 Å². The van der Waals surface area contributed by atoms with Gasteiger partial charge >= 0.3 is 0 Å². The van der Waals surface area contributed by atoms with Gasteiger partial charge in [0, 0.05) is 24.3 Å². The molecule has 0 radical (unpaired) electrons. The summed E-state index contributed by atoms with van der Waals surface area (Å²) >= 11 is 0. The fourth-order valence-electron chi connectivity index (χ4n) is 2.54. The van der Waals surface area contributed by atoms with E-state index in [1.165, 1.54) is 0 Å². The van der Waals surface area contributed by atoms with E-state index in [0.717, 1.165) is 5.56 Å². The van der Waals surface area contributed by atoms with E-state index in [2.05, 4.69) is 10.0 Å². The Morgan fingerprint density at radius 3 is 2.26 bits per heavy atom. The van der Waals surface area contributed by atoms with Crippen LogP contribution in [0.4, 0.5) is 5.69 Å². The van der Waals surface area contributed by atoms with E-state index < -0.39 is 10.0 Å². The van der Waals surface area contributed by atoms with Gasteiger partial charge in [0.25, 0.3) is 15.9 Å². The Morgan fingerprint density at radius 1 is 1.07 bits per heavy atom. The Morgan fingerprint density at radius 2 is 1.70 bits per heavy atom. The Bertz CT molecular complexity index is 914. The van der Waals surface area contributed by atoms with E-state index in [-0.39, 0.29) is 16.2 Å². The van der Waals surface area contributed by atoms with Crippen molar-refractivity contribution in [1.29, 1.82) is 0 Å². The molecule has 0 fully saturated rings. The number of rotatable bonds is 6. The van der Waals surface area contributed by atoms with Crippen LogP contribution in [0.3, 0.4) is 0 Å². The van der Waals surface area contributed by atoms with Crippen LogP contribution in [0.15, 0.2) is 47.4 Å². The Hall–Kier alpha value is -2.38. The van der Waals surface area contributed by atoms with Gasteiger partial charge in [-0.15, -0.1) is 0 Å². The van der Waals surface area contributed by atoms with Gasteiger partial charge in [0.2, 0.25) is 0 Å². The number of amides is 1. The molecular formula is C20H27N3O3S. The van der Waals surface area contributed by atoms with Crippen molar-refractivity contribution < 1.29 is 13.2 Å². The molecule has 0 bridgehead atoms. The second-order valence-electron chi connectivity index (χ2n) is 7.46. The average molecular weight is 390 g/mol. The highest BCUT2D eigenvalue weighted by Crippen LogP contribution is 2.27. The SMILES string of the molecule is Cc1ccc(C(C)(C)C)cc1S(=O)(=O)Nc1ccc(C(=O)NCCN)cc1. The first-order valence-electron chi connectivity index (χ1n) is 8.77. The molecule has 0 aliphatic carbocycles. The van der Waals surface area contributed by atoms with E-state index in [9.17, 15) is 13.2 Å². The van der Waals surface area contributed by atoms with E-state index in [4.69, 9.17) is 5.73 Å². The van der Waals surface area contributed by atoms with Crippen molar-refractivity contribution in [3.63, 3.8) is 0 Å². The first-order valence-corrected chi connectivity index (χ1v) is 10.3. The van der Waals surface area contributed by atoms with Crippen molar-refractivity contribution in [2.45, 2.75) is 38.0 Å². The van der Waals surface area contributed by atoms with Gasteiger partial charge in [-0.25, -0.2) is 8.42 Å². The summed E-state index contributed by atoms with van der Waals surface area (Å²) < 4.78 is 28.3. The van der Waals surface area contributed by atoms with Crippen molar-refractivity contribution in [1.82, 2.24) is 5.32 Å². The average Bonchev–Trinajstić information content (AvgIpc) is 2.59. The van der Waals surface area contributed by atoms with Crippen LogP contribution in [-0.4, -0.2) is 27.4 Å². The summed E-state index contributed by atoms with van der Waals surface area (Å²) in [6.07, 6.45) is 0. The molecule has 0 saturated heterocycles. The first-order chi connectivity index (χ1) is 12.5. The molecule has 2 aromatic rings. The van der Waals surface area contributed by atoms with Gasteiger partial charge in [-0.05, 0) is 53.8 Å². The molecule has 0 aromatic heterocycles. The minimum absolute atomic E-state index is 0.156. The van der Waals surface area contributed by atoms with Crippen LogP contribution in [0.5, 0.6) is 0 Å². The lowest BCUT2D eigenvalue weighted by atomic mass is 9.87. The second-order valence-corrected chi connectivity index (χ2v) is 9.11. The molecule has 2 aromatic carbocycles. The molecule has 0 heterocycles. The predicted molar refractivity (Wildman–Crippen MR) is 109 cm³/mol. The smallest absolute Gasteiger partial charge is 0.262 e. The van der Waals surface area contributed by atoms with E-state index in [1.54, 1.807) is 37.3 Å². The van der Waals surface area contributed by atoms with Gasteiger partial charge in [0.15, 0.2) is 0 Å². The standard InChI is InChI=1S/C20H27N3O3S/c1-14-5-8-16(20(2,3)4)13-18(14)27(25,26)23-17-9-6-15(7-10-17)19(24)22-12-11-21/h5-10,13,23H,11-12,21H2,1-4H3,(H,22,24). The number of sulfonamides is 1. The number of benzene rings is 2. The van der Waals surface area contributed by atoms with Crippen molar-refractivity contribution in [3.05, 3.63) is 59.2 Å². The van der Waals surface area contributed by atoms with Gasteiger partial charge in [-0.2, -0.15) is 0 Å². The summed E-state index contributed by atoms with van der Waals surface area (Å²) in [7, 11) is -3.74. The summed E-state index contributed by atoms with van der Waals surface area (Å²) in [5.74, 6) is -0.247. The summed E-state index contributed by atoms with van der Waals surface area (Å²) in [4.78, 5) is 12.1. The number of nitrogens with two attached hydrogens (primary N) is 1. The first kappa shape index (κ1) is 20.9. The van der Waals surface area contributed by atoms with E-state index >= 15 is 0 Å². The van der Waals surface area contributed by atoms with Crippen LogP contribution in [0, 0.1) is 6.92 Å². The van der Waals surface area contributed by atoms with Crippen LogP contribution >= 0.6 is 0 Å². The maximum absolute atomic E-state index is 12.9. The van der Waals surface area contributed by atoms with E-state index in [1.807, 2.05) is 32.9 Å². The zero-order valence-corrected chi connectivity index (χ0v) is 17.0. The summed E-state index contributed by atoms with van der Waals surface area (Å²) in [5.41, 5.74) is 7.66. The van der Waals surface area contributed by atoms with Crippen molar-refractivity contribution in [2.24, 2.45) is 5.73 Å². The summed E-state index contributed by atoms with van der Waals surface area (Å²) in [6.45, 7) is 8.63. The van der Waals surface area contributed by atoms with Gasteiger partial charge in [-0.1, -0.05) is 32.9 Å². The Labute approximate surface area is 161 Å². The summed E-state index contributed by atoms with van der Waals surface area (Å²) in [6, 6.07) is 11.8. The van der Waals surface area contributed by atoms with Gasteiger partial charge in [0.05, 0.1) is 4.90 Å². The third-order valence-electron chi connectivity index (χ3n) is 4.17. The summed E-state index contributed by atoms with van der Waals surface area (Å²) in [5, 5.41) is 2.67. The van der Waals surface area contributed by atoms with Crippen LogP contribution in [0.1, 0.15) is 42.3 Å². The molecule has 0 unspecified atom stereocenters. The zero-order valence-electron chi connectivity index (χ0n) is 16.2. The lowest BCUT2D eigenvalue weighted by Crippen LogP contribution is -2.28. The highest BCUT2D eigenvalue weighted by atomic mass is 32.2. The minimum Gasteiger partial charge on any atom is -0.351 e. The highest BCUT2D eigenvalue weighted by Gasteiger charge is 2.21. The normalized spacial score (nSPS) is 11.9. The number of carbonyl (C=O) groups is 1. The monoisotopic (exact) mass is 389 g/mol. The fourth-order valence-corrected chi connectivity index (χ4v) is 3.87. The third kappa shape index (κ3) is 5.30. The third-order valence-corrected chi connectivity index (χ3v) is 5.70. The molecule has 0 atom stereocenters. The number of hydrogen-bond acceptors (Lipinski definition) is 4. The molecule has 7 heteroatoms. The molecule has 27 heavy (non-hydrogen) atoms. The quantitative estimate of drug-likeness (QED) is 0.707. The predicted octanol–water partition coefficient (Wildman–Crippen LogP) is 2.78. The van der Waals surface area contributed by atoms with Gasteiger partial charge < -0.3 is 11.1 Å².